The fraction of sp³-hybridized carbons (Fsp3) is 0.357. The molecule has 4 aliphatic rings. The summed E-state index contributed by atoms with van der Waals surface area (Å²) in [7, 11) is 1.40. The molecule has 40 heavy (non-hydrogen) atoms. The number of imide groups is 2. The number of benzene rings is 2. The third kappa shape index (κ3) is 3.59. The van der Waals surface area contributed by atoms with E-state index in [9.17, 15) is 28.7 Å². The van der Waals surface area contributed by atoms with E-state index in [1.807, 2.05) is 6.08 Å². The van der Waals surface area contributed by atoms with Gasteiger partial charge in [-0.15, -0.1) is 0 Å². The number of phenolic OH excluding ortho intramolecular Hbond substituents is 1. The number of amides is 4. The predicted molar refractivity (Wildman–Crippen MR) is 149 cm³/mol. The molecule has 2 aliphatic heterocycles. The zero-order valence-corrected chi connectivity index (χ0v) is 25.1. The van der Waals surface area contributed by atoms with E-state index in [1.54, 1.807) is 13.0 Å². The SMILES string of the molecule is COc1cc([C@H]2C3=CC[C@@H]4C(=O)NC(=O)[C@@H]4[C@@H]3C[C@H]3C(=O)N(c4ccc(F)c(Cl)c4)C(=O)[C@@]23C)c(Br)c(Br)c1O. The number of anilines is 1. The minimum atomic E-state index is -1.34. The van der Waals surface area contributed by atoms with E-state index < -0.39 is 58.5 Å². The smallest absolute Gasteiger partial charge is 0.241 e. The lowest BCUT2D eigenvalue weighted by Crippen LogP contribution is -2.49. The molecule has 3 fully saturated rings. The van der Waals surface area contributed by atoms with Gasteiger partial charge in [0.1, 0.15) is 5.82 Å². The van der Waals surface area contributed by atoms with Crippen LogP contribution in [0.2, 0.25) is 5.02 Å². The number of nitrogens with zero attached hydrogens (tertiary/aromatic N) is 1. The van der Waals surface area contributed by atoms with Gasteiger partial charge in [-0.1, -0.05) is 23.3 Å². The maximum Gasteiger partial charge on any atom is 0.241 e. The van der Waals surface area contributed by atoms with Crippen molar-refractivity contribution in [1.82, 2.24) is 5.32 Å². The van der Waals surface area contributed by atoms with Gasteiger partial charge in [-0.3, -0.25) is 24.5 Å². The molecular weight excluding hydrogens is 675 g/mol. The summed E-state index contributed by atoms with van der Waals surface area (Å²) in [6, 6.07) is 5.28. The van der Waals surface area contributed by atoms with Crippen LogP contribution in [0.25, 0.3) is 0 Å². The van der Waals surface area contributed by atoms with Gasteiger partial charge in [0, 0.05) is 10.4 Å². The molecule has 8 nitrogen and oxygen atoms in total. The van der Waals surface area contributed by atoms with Crippen molar-refractivity contribution in [2.45, 2.75) is 25.7 Å². The normalized spacial score (nSPS) is 31.0. The fourth-order valence-electron chi connectivity index (χ4n) is 7.12. The highest BCUT2D eigenvalue weighted by Crippen LogP contribution is 2.64. The maximum atomic E-state index is 14.4. The molecule has 1 saturated carbocycles. The Morgan fingerprint density at radius 2 is 1.85 bits per heavy atom. The second-order valence-electron chi connectivity index (χ2n) is 10.8. The van der Waals surface area contributed by atoms with E-state index in [0.717, 1.165) is 16.5 Å². The molecule has 2 aliphatic carbocycles. The fourth-order valence-corrected chi connectivity index (χ4v) is 8.25. The first-order valence-electron chi connectivity index (χ1n) is 12.5. The molecule has 4 amide bonds. The van der Waals surface area contributed by atoms with E-state index in [4.69, 9.17) is 16.3 Å². The summed E-state index contributed by atoms with van der Waals surface area (Å²) in [4.78, 5) is 55.1. The minimum Gasteiger partial charge on any atom is -0.503 e. The second kappa shape index (κ2) is 9.39. The summed E-state index contributed by atoms with van der Waals surface area (Å²) < 4.78 is 20.1. The quantitative estimate of drug-likeness (QED) is 0.336. The molecule has 0 radical (unpaired) electrons. The molecular formula is C28H22Br2ClFN2O6. The highest BCUT2D eigenvalue weighted by atomic mass is 79.9. The Morgan fingerprint density at radius 3 is 2.52 bits per heavy atom. The third-order valence-electron chi connectivity index (χ3n) is 8.98. The number of nitrogens with one attached hydrogen (secondary N) is 1. The van der Waals surface area contributed by atoms with Crippen LogP contribution in [-0.2, 0) is 19.2 Å². The minimum absolute atomic E-state index is 0.142. The van der Waals surface area contributed by atoms with Crippen LogP contribution in [0.15, 0.2) is 44.9 Å². The lowest BCUT2D eigenvalue weighted by atomic mass is 9.51. The number of methoxy groups -OCH3 is 1. The number of allylic oxidation sites excluding steroid dienone is 2. The Hall–Kier alpha value is -2.76. The molecule has 208 valence electrons. The molecule has 2 aromatic carbocycles. The molecule has 0 aromatic heterocycles. The van der Waals surface area contributed by atoms with E-state index in [2.05, 4.69) is 37.2 Å². The zero-order chi connectivity index (χ0) is 28.8. The molecule has 6 atom stereocenters. The molecule has 0 spiro atoms. The Kier molecular flexibility index (Phi) is 6.43. The number of rotatable bonds is 3. The summed E-state index contributed by atoms with van der Waals surface area (Å²) in [5.74, 6) is -5.77. The van der Waals surface area contributed by atoms with Gasteiger partial charge < -0.3 is 9.84 Å². The van der Waals surface area contributed by atoms with Crippen LogP contribution in [0.4, 0.5) is 10.1 Å². The number of halogens is 4. The lowest BCUT2D eigenvalue weighted by Gasteiger charge is -2.49. The van der Waals surface area contributed by atoms with Gasteiger partial charge in [0.2, 0.25) is 23.6 Å². The van der Waals surface area contributed by atoms with Crippen LogP contribution in [0.1, 0.15) is 31.2 Å². The van der Waals surface area contributed by atoms with Crippen molar-refractivity contribution in [3.63, 3.8) is 0 Å². The third-order valence-corrected chi connectivity index (χ3v) is 11.4. The van der Waals surface area contributed by atoms with Gasteiger partial charge in [0.25, 0.3) is 0 Å². The Morgan fingerprint density at radius 1 is 1.12 bits per heavy atom. The van der Waals surface area contributed by atoms with Crippen molar-refractivity contribution < 1.29 is 33.4 Å². The van der Waals surface area contributed by atoms with Gasteiger partial charge >= 0.3 is 0 Å². The van der Waals surface area contributed by atoms with E-state index in [-0.39, 0.29) is 34.5 Å². The van der Waals surface area contributed by atoms with Gasteiger partial charge in [-0.05, 0) is 87.4 Å². The average molecular weight is 697 g/mol. The van der Waals surface area contributed by atoms with Gasteiger partial charge in [-0.25, -0.2) is 9.29 Å². The number of ether oxygens (including phenoxy) is 1. The van der Waals surface area contributed by atoms with E-state index >= 15 is 0 Å². The molecule has 2 heterocycles. The van der Waals surface area contributed by atoms with Crippen LogP contribution in [0.5, 0.6) is 11.5 Å². The van der Waals surface area contributed by atoms with Crippen molar-refractivity contribution in [1.29, 1.82) is 0 Å². The second-order valence-corrected chi connectivity index (χ2v) is 12.8. The van der Waals surface area contributed by atoms with Crippen molar-refractivity contribution in [2.75, 3.05) is 12.0 Å². The molecule has 0 bridgehead atoms. The number of carbonyl (C=O) groups excluding carboxylic acids is 4. The number of phenols is 1. The monoisotopic (exact) mass is 694 g/mol. The first kappa shape index (κ1) is 27.4. The van der Waals surface area contributed by atoms with Crippen molar-refractivity contribution in [3.8, 4) is 11.5 Å². The molecule has 2 aromatic rings. The highest BCUT2D eigenvalue weighted by molar-refractivity contribution is 9.13. The molecule has 6 rings (SSSR count). The van der Waals surface area contributed by atoms with Crippen LogP contribution in [0.3, 0.4) is 0 Å². The van der Waals surface area contributed by atoms with E-state index in [0.29, 0.717) is 20.9 Å². The first-order chi connectivity index (χ1) is 18.9. The number of carbonyl (C=O) groups is 4. The number of hydrogen-bond acceptors (Lipinski definition) is 6. The predicted octanol–water partition coefficient (Wildman–Crippen LogP) is 5.24. The van der Waals surface area contributed by atoms with Crippen LogP contribution in [0, 0.1) is 34.9 Å². The molecule has 2 saturated heterocycles. The molecule has 2 N–H and O–H groups in total. The summed E-state index contributed by atoms with van der Waals surface area (Å²) in [5, 5.41) is 12.8. The summed E-state index contributed by atoms with van der Waals surface area (Å²) in [5.41, 5.74) is 0.137. The Bertz CT molecular complexity index is 1580. The number of aromatic hydroxyl groups is 1. The standard InChI is InChI=1S/C28H22Br2ClFN2O6/c1-28-15(26(38)34(27(28)39)10-3-6-17(32)16(31)7-10)8-13-11(4-5-12-19(13)25(37)33-24(12)36)20(28)14-9-18(40-2)23(35)22(30)21(14)29/h3-4,6-7,9,12-13,15,19-20,35H,5,8H2,1-2H3,(H,33,36,37)/t12-,13+,15-,19-,20+,28+/m0/s1. The van der Waals surface area contributed by atoms with Gasteiger partial charge in [0.15, 0.2) is 11.5 Å². The largest absolute Gasteiger partial charge is 0.503 e. The zero-order valence-electron chi connectivity index (χ0n) is 21.1. The molecule has 12 heteroatoms. The van der Waals surface area contributed by atoms with Gasteiger partial charge in [-0.2, -0.15) is 0 Å². The van der Waals surface area contributed by atoms with Crippen molar-refractivity contribution >= 4 is 72.8 Å². The topological polar surface area (TPSA) is 113 Å². The highest BCUT2D eigenvalue weighted by Gasteiger charge is 2.67. The van der Waals surface area contributed by atoms with Crippen molar-refractivity contribution in [3.05, 3.63) is 61.3 Å². The maximum absolute atomic E-state index is 14.4. The van der Waals surface area contributed by atoms with E-state index in [1.165, 1.54) is 19.2 Å². The van der Waals surface area contributed by atoms with Gasteiger partial charge in [0.05, 0.1) is 45.5 Å². The average Bonchev–Trinajstić information content (AvgIpc) is 3.32. The van der Waals surface area contributed by atoms with Crippen LogP contribution < -0.4 is 15.0 Å². The summed E-state index contributed by atoms with van der Waals surface area (Å²) >= 11 is 13.0. The van der Waals surface area contributed by atoms with Crippen molar-refractivity contribution in [2.24, 2.45) is 29.1 Å². The van der Waals surface area contributed by atoms with Crippen LogP contribution in [-0.4, -0.2) is 35.8 Å². The number of hydrogen-bond donors (Lipinski definition) is 2. The van der Waals surface area contributed by atoms with Crippen LogP contribution >= 0.6 is 43.5 Å². The Labute approximate surface area is 250 Å². The lowest BCUT2D eigenvalue weighted by molar-refractivity contribution is -0.131. The number of fused-ring (bicyclic) bond motifs is 4. The Balaban J connectivity index is 1.59. The summed E-state index contributed by atoms with van der Waals surface area (Å²) in [6.07, 6.45) is 2.38. The summed E-state index contributed by atoms with van der Waals surface area (Å²) in [6.45, 7) is 1.72. The first-order valence-corrected chi connectivity index (χ1v) is 14.5. The molecule has 0 unspecified atom stereocenters.